The molecule has 0 unspecified atom stereocenters. The molecule has 0 aromatic heterocycles. The van der Waals surface area contributed by atoms with Crippen LogP contribution in [0.2, 0.25) is 0 Å². The summed E-state index contributed by atoms with van der Waals surface area (Å²) in [6, 6.07) is -2.68. The molecule has 0 aromatic rings. The van der Waals surface area contributed by atoms with Crippen LogP contribution in [0.15, 0.2) is 0 Å². The van der Waals surface area contributed by atoms with Crippen molar-refractivity contribution in [1.29, 1.82) is 0 Å². The lowest BCUT2D eigenvalue weighted by molar-refractivity contribution is -0.138. The fourth-order valence-corrected chi connectivity index (χ4v) is 2.72. The predicted octanol–water partition coefficient (Wildman–Crippen LogP) is -3.90. The van der Waals surface area contributed by atoms with E-state index in [0.29, 0.717) is 5.75 Å². The molecule has 0 saturated heterocycles. The van der Waals surface area contributed by atoms with Gasteiger partial charge in [0.2, 0.25) is 35.4 Å². The van der Waals surface area contributed by atoms with Gasteiger partial charge in [0.25, 0.3) is 0 Å². The summed E-state index contributed by atoms with van der Waals surface area (Å²) < 4.78 is 0. The largest absolute Gasteiger partial charge is 0.481 e. The first-order valence-corrected chi connectivity index (χ1v) is 11.7. The Balaban J connectivity index is 5.03. The monoisotopic (exact) mass is 548 g/mol. The van der Waals surface area contributed by atoms with Crippen molar-refractivity contribution in [2.45, 2.75) is 44.7 Å². The van der Waals surface area contributed by atoms with E-state index in [1.807, 2.05) is 0 Å². The molecule has 0 bridgehead atoms. The molecule has 17 heteroatoms. The Morgan fingerprint density at radius 1 is 0.649 bits per heavy atom. The maximum Gasteiger partial charge on any atom is 0.303 e. The number of nitrogens with one attached hydrogen (secondary N) is 6. The molecule has 208 valence electrons. The van der Waals surface area contributed by atoms with Crippen LogP contribution in [-0.4, -0.2) is 102 Å². The second-order valence-corrected chi connectivity index (χ2v) is 7.97. The van der Waals surface area contributed by atoms with E-state index in [0.717, 1.165) is 0 Å². The van der Waals surface area contributed by atoms with Crippen molar-refractivity contribution in [1.82, 2.24) is 31.9 Å². The van der Waals surface area contributed by atoms with Gasteiger partial charge in [-0.2, -0.15) is 12.6 Å². The SMILES string of the molecule is CC(=O)NCC(=O)N[C@@H](CCC(=O)O)C(=O)NCC(=O)N[C@@H](CCC(=O)O)C(=O)NCC(=O)NCCS. The smallest absolute Gasteiger partial charge is 0.303 e. The average Bonchev–Trinajstić information content (AvgIpc) is 2.83. The summed E-state index contributed by atoms with van der Waals surface area (Å²) >= 11 is 3.92. The molecule has 16 nitrogen and oxygen atoms in total. The van der Waals surface area contributed by atoms with Gasteiger partial charge in [-0.3, -0.25) is 38.4 Å². The van der Waals surface area contributed by atoms with E-state index in [9.17, 15) is 38.4 Å². The van der Waals surface area contributed by atoms with Crippen molar-refractivity contribution in [2.24, 2.45) is 0 Å². The molecule has 0 aliphatic heterocycles. The Kier molecular flexibility index (Phi) is 16.5. The van der Waals surface area contributed by atoms with E-state index in [2.05, 4.69) is 44.5 Å². The van der Waals surface area contributed by atoms with Crippen LogP contribution in [0, 0.1) is 0 Å². The Labute approximate surface area is 217 Å². The van der Waals surface area contributed by atoms with E-state index in [1.165, 1.54) is 6.92 Å². The van der Waals surface area contributed by atoms with Crippen LogP contribution in [0.5, 0.6) is 0 Å². The normalized spacial score (nSPS) is 11.7. The fourth-order valence-electron chi connectivity index (χ4n) is 2.61. The minimum Gasteiger partial charge on any atom is -0.481 e. The minimum atomic E-state index is -1.34. The van der Waals surface area contributed by atoms with E-state index >= 15 is 0 Å². The number of thiol groups is 1. The van der Waals surface area contributed by atoms with Gasteiger partial charge in [-0.05, 0) is 12.8 Å². The summed E-state index contributed by atoms with van der Waals surface area (Å²) in [6.07, 6.45) is -1.58. The Bertz CT molecular complexity index is 869. The third-order valence-corrected chi connectivity index (χ3v) is 4.60. The van der Waals surface area contributed by atoms with Crippen LogP contribution in [0.3, 0.4) is 0 Å². The predicted molar refractivity (Wildman–Crippen MR) is 129 cm³/mol. The zero-order valence-corrected chi connectivity index (χ0v) is 21.0. The van der Waals surface area contributed by atoms with Crippen molar-refractivity contribution in [3.8, 4) is 0 Å². The number of carboxylic acids is 2. The van der Waals surface area contributed by atoms with Gasteiger partial charge in [0.1, 0.15) is 12.1 Å². The number of aliphatic carboxylic acids is 2. The highest BCUT2D eigenvalue weighted by Gasteiger charge is 2.25. The number of rotatable bonds is 18. The molecule has 0 aliphatic carbocycles. The first-order chi connectivity index (χ1) is 17.3. The second-order valence-electron chi connectivity index (χ2n) is 7.52. The van der Waals surface area contributed by atoms with Crippen molar-refractivity contribution in [2.75, 3.05) is 31.9 Å². The topological polar surface area (TPSA) is 249 Å². The van der Waals surface area contributed by atoms with Gasteiger partial charge in [0.15, 0.2) is 0 Å². The lowest BCUT2D eigenvalue weighted by Crippen LogP contribution is -2.53. The van der Waals surface area contributed by atoms with Crippen LogP contribution in [0.25, 0.3) is 0 Å². The van der Waals surface area contributed by atoms with Gasteiger partial charge in [0, 0.05) is 32.1 Å². The summed E-state index contributed by atoms with van der Waals surface area (Å²) in [4.78, 5) is 93.3. The number of carbonyl (C=O) groups excluding carboxylic acids is 6. The Morgan fingerprint density at radius 3 is 1.43 bits per heavy atom. The molecule has 0 aromatic carbocycles. The van der Waals surface area contributed by atoms with Crippen molar-refractivity contribution < 1.29 is 48.6 Å². The molecule has 6 amide bonds. The first kappa shape index (κ1) is 33.1. The number of amides is 6. The zero-order valence-electron chi connectivity index (χ0n) is 20.1. The summed E-state index contributed by atoms with van der Waals surface area (Å²) in [6.45, 7) is -0.143. The molecule has 0 radical (unpaired) electrons. The van der Waals surface area contributed by atoms with E-state index in [1.54, 1.807) is 0 Å². The molecule has 8 N–H and O–H groups in total. The highest BCUT2D eigenvalue weighted by Crippen LogP contribution is 2.00. The van der Waals surface area contributed by atoms with E-state index < -0.39 is 91.9 Å². The molecular formula is C20H32N6O10S. The Hall–Kier alpha value is -3.89. The lowest BCUT2D eigenvalue weighted by Gasteiger charge is -2.20. The zero-order chi connectivity index (χ0) is 28.4. The first-order valence-electron chi connectivity index (χ1n) is 11.0. The molecule has 2 atom stereocenters. The third-order valence-electron chi connectivity index (χ3n) is 4.38. The number of hydrogen-bond acceptors (Lipinski definition) is 9. The number of carboxylic acid groups (broad SMARTS) is 2. The summed E-state index contributed by atoms with van der Waals surface area (Å²) in [5.41, 5.74) is 0. The maximum atomic E-state index is 12.4. The van der Waals surface area contributed by atoms with Crippen LogP contribution >= 0.6 is 12.6 Å². The van der Waals surface area contributed by atoms with Crippen LogP contribution in [0.4, 0.5) is 0 Å². The summed E-state index contributed by atoms with van der Waals surface area (Å²) in [5.74, 6) is -6.51. The van der Waals surface area contributed by atoms with Crippen LogP contribution in [-0.2, 0) is 38.4 Å². The highest BCUT2D eigenvalue weighted by atomic mass is 32.1. The molecule has 0 rings (SSSR count). The van der Waals surface area contributed by atoms with E-state index in [4.69, 9.17) is 10.2 Å². The van der Waals surface area contributed by atoms with Gasteiger partial charge in [0.05, 0.1) is 19.6 Å². The van der Waals surface area contributed by atoms with Crippen molar-refractivity contribution in [3.05, 3.63) is 0 Å². The van der Waals surface area contributed by atoms with Gasteiger partial charge < -0.3 is 42.1 Å². The molecule has 0 spiro atoms. The van der Waals surface area contributed by atoms with Crippen molar-refractivity contribution >= 4 is 60.0 Å². The molecular weight excluding hydrogens is 516 g/mol. The molecule has 0 fully saturated rings. The van der Waals surface area contributed by atoms with Crippen molar-refractivity contribution in [3.63, 3.8) is 0 Å². The van der Waals surface area contributed by atoms with Crippen LogP contribution in [0.1, 0.15) is 32.6 Å². The lowest BCUT2D eigenvalue weighted by atomic mass is 10.1. The van der Waals surface area contributed by atoms with Gasteiger partial charge in [-0.1, -0.05) is 0 Å². The van der Waals surface area contributed by atoms with E-state index in [-0.39, 0.29) is 19.4 Å². The standard InChI is InChI=1S/C20H32N6O10S/c1-11(27)22-9-15(29)25-13(3-5-18(33)34)20(36)24-10-16(30)26-12(2-4-17(31)32)19(35)23-8-14(28)21-6-7-37/h12-13,37H,2-10H2,1H3,(H,21,28)(H,22,27)(H,23,35)(H,24,36)(H,25,29)(H,26,30)(H,31,32)(H,33,34)/t12-,13-/m0/s1. The summed E-state index contributed by atoms with van der Waals surface area (Å²) in [5, 5.41) is 31.4. The molecule has 37 heavy (non-hydrogen) atoms. The molecule has 0 saturated carbocycles. The maximum absolute atomic E-state index is 12.4. The second kappa shape index (κ2) is 18.4. The van der Waals surface area contributed by atoms with Gasteiger partial charge in [-0.25, -0.2) is 0 Å². The third kappa shape index (κ3) is 17.2. The fraction of sp³-hybridized carbons (Fsp3) is 0.600. The summed E-state index contributed by atoms with van der Waals surface area (Å²) in [7, 11) is 0. The van der Waals surface area contributed by atoms with Gasteiger partial charge >= 0.3 is 11.9 Å². The van der Waals surface area contributed by atoms with Gasteiger partial charge in [-0.15, -0.1) is 0 Å². The van der Waals surface area contributed by atoms with Crippen LogP contribution < -0.4 is 31.9 Å². The number of carbonyl (C=O) groups is 8. The minimum absolute atomic E-state index is 0.262. The quantitative estimate of drug-likeness (QED) is 0.0753. The highest BCUT2D eigenvalue weighted by molar-refractivity contribution is 7.80. The molecule has 0 aliphatic rings. The average molecular weight is 549 g/mol. The Morgan fingerprint density at radius 2 is 1.05 bits per heavy atom. The molecule has 0 heterocycles. The number of hydrogen-bond donors (Lipinski definition) is 9.